The number of benzene rings is 1. The molecule has 3 aromatic rings. The first-order valence-corrected chi connectivity index (χ1v) is 13.0. The largest absolute Gasteiger partial charge is 0.354 e. The molecule has 0 radical (unpaired) electrons. The van der Waals surface area contributed by atoms with Crippen LogP contribution in [0.3, 0.4) is 0 Å². The second kappa shape index (κ2) is 9.91. The van der Waals surface area contributed by atoms with Crippen LogP contribution in [0, 0.1) is 18.7 Å². The Morgan fingerprint density at radius 2 is 1.86 bits per heavy atom. The van der Waals surface area contributed by atoms with Crippen molar-refractivity contribution in [3.05, 3.63) is 41.6 Å². The Kier molecular flexibility index (Phi) is 6.71. The van der Waals surface area contributed by atoms with Crippen LogP contribution in [0.5, 0.6) is 0 Å². The molecular weight excluding hydrogens is 443 g/mol. The first kappa shape index (κ1) is 23.7. The van der Waals surface area contributed by atoms with Crippen LogP contribution in [0.4, 0.5) is 10.2 Å². The zero-order valence-electron chi connectivity index (χ0n) is 21.0. The predicted molar refractivity (Wildman–Crippen MR) is 135 cm³/mol. The zero-order chi connectivity index (χ0) is 24.5. The Balaban J connectivity index is 1.54. The molecule has 186 valence electrons. The molecular formula is C27H35FN6O. The molecule has 3 heterocycles. The molecule has 0 N–H and O–H groups in total. The summed E-state index contributed by atoms with van der Waals surface area (Å²) >= 11 is 0. The van der Waals surface area contributed by atoms with Crippen molar-refractivity contribution in [2.75, 3.05) is 31.1 Å². The smallest absolute Gasteiger partial charge is 0.225 e. The topological polar surface area (TPSA) is 67.2 Å². The van der Waals surface area contributed by atoms with Crippen LogP contribution < -0.4 is 4.90 Å². The zero-order valence-corrected chi connectivity index (χ0v) is 21.0. The summed E-state index contributed by atoms with van der Waals surface area (Å²) in [5.74, 6) is 2.19. The number of anilines is 1. The highest BCUT2D eigenvalue weighted by Gasteiger charge is 2.31. The van der Waals surface area contributed by atoms with Crippen molar-refractivity contribution in [2.45, 2.75) is 65.2 Å². The van der Waals surface area contributed by atoms with Gasteiger partial charge in [-0.05, 0) is 56.9 Å². The number of aryl methyl sites for hydroxylation is 1. The lowest BCUT2D eigenvalue weighted by atomic mass is 9.84. The van der Waals surface area contributed by atoms with Gasteiger partial charge in [0.05, 0.1) is 16.8 Å². The number of hydrogen-bond acceptors (Lipinski definition) is 5. The summed E-state index contributed by atoms with van der Waals surface area (Å²) in [5.41, 5.74) is 2.38. The summed E-state index contributed by atoms with van der Waals surface area (Å²) in [6.45, 7) is 9.41. The molecule has 1 saturated carbocycles. The summed E-state index contributed by atoms with van der Waals surface area (Å²) < 4.78 is 15.4. The van der Waals surface area contributed by atoms with E-state index in [-0.39, 0.29) is 17.7 Å². The van der Waals surface area contributed by atoms with Gasteiger partial charge in [-0.1, -0.05) is 26.7 Å². The number of nitrogens with zero attached hydrogens (tertiary/aromatic N) is 6. The number of amides is 1. The number of aromatic nitrogens is 4. The van der Waals surface area contributed by atoms with E-state index in [0.717, 1.165) is 85.8 Å². The summed E-state index contributed by atoms with van der Waals surface area (Å²) in [4.78, 5) is 27.3. The van der Waals surface area contributed by atoms with Crippen molar-refractivity contribution in [1.82, 2.24) is 24.6 Å². The van der Waals surface area contributed by atoms with Crippen LogP contribution in [0.15, 0.2) is 24.3 Å². The maximum atomic E-state index is 13.6. The van der Waals surface area contributed by atoms with E-state index in [9.17, 15) is 9.18 Å². The van der Waals surface area contributed by atoms with Crippen LogP contribution in [0.25, 0.3) is 16.7 Å². The van der Waals surface area contributed by atoms with Crippen LogP contribution in [-0.4, -0.2) is 56.7 Å². The second-order valence-electron chi connectivity index (χ2n) is 10.1. The quantitative estimate of drug-likeness (QED) is 0.499. The average Bonchev–Trinajstić information content (AvgIpc) is 2.98. The lowest BCUT2D eigenvalue weighted by Gasteiger charge is -2.31. The van der Waals surface area contributed by atoms with Gasteiger partial charge in [-0.15, -0.1) is 0 Å². The summed E-state index contributed by atoms with van der Waals surface area (Å²) in [5, 5.41) is 5.73. The molecule has 1 amide bonds. The minimum absolute atomic E-state index is 0.212. The molecule has 7 nitrogen and oxygen atoms in total. The number of halogens is 1. The molecule has 5 rings (SSSR count). The number of fused-ring (bicyclic) bond motifs is 1. The maximum absolute atomic E-state index is 13.6. The van der Waals surface area contributed by atoms with Gasteiger partial charge in [0.2, 0.25) is 5.91 Å². The normalized spacial score (nSPS) is 17.9. The van der Waals surface area contributed by atoms with E-state index in [0.29, 0.717) is 12.5 Å². The van der Waals surface area contributed by atoms with E-state index in [1.54, 1.807) is 12.1 Å². The molecule has 35 heavy (non-hydrogen) atoms. The minimum Gasteiger partial charge on any atom is -0.354 e. The molecule has 1 aliphatic heterocycles. The molecule has 0 bridgehead atoms. The number of carbonyl (C=O) groups is 1. The van der Waals surface area contributed by atoms with Crippen LogP contribution >= 0.6 is 0 Å². The Hall–Kier alpha value is -3.03. The highest BCUT2D eigenvalue weighted by atomic mass is 19.1. The number of rotatable bonds is 6. The van der Waals surface area contributed by atoms with Crippen LogP contribution in [0.2, 0.25) is 0 Å². The molecule has 2 aliphatic rings. The fourth-order valence-corrected chi connectivity index (χ4v) is 5.21. The SMILES string of the molecule is CCC[C@@H](C)c1nc(N2CCCN(C(=O)C3CCC3)CC2)c2c(C)nn(-c3ccc(F)cc3)c2n1. The third-order valence-corrected chi connectivity index (χ3v) is 7.50. The third-order valence-electron chi connectivity index (χ3n) is 7.50. The van der Waals surface area contributed by atoms with Gasteiger partial charge in [-0.3, -0.25) is 4.79 Å². The molecule has 0 spiro atoms. The molecule has 2 fully saturated rings. The van der Waals surface area contributed by atoms with Crippen molar-refractivity contribution >= 4 is 22.8 Å². The minimum atomic E-state index is -0.278. The molecule has 1 atom stereocenters. The highest BCUT2D eigenvalue weighted by Crippen LogP contribution is 2.33. The first-order valence-electron chi connectivity index (χ1n) is 13.0. The second-order valence-corrected chi connectivity index (χ2v) is 10.1. The van der Waals surface area contributed by atoms with Gasteiger partial charge in [0.15, 0.2) is 5.65 Å². The summed E-state index contributed by atoms with van der Waals surface area (Å²) in [6.07, 6.45) is 6.20. The maximum Gasteiger partial charge on any atom is 0.225 e. The Morgan fingerprint density at radius 3 is 2.54 bits per heavy atom. The Bertz CT molecular complexity index is 1200. The van der Waals surface area contributed by atoms with E-state index < -0.39 is 0 Å². The average molecular weight is 479 g/mol. The van der Waals surface area contributed by atoms with Gasteiger partial charge in [0, 0.05) is 38.0 Å². The standard InChI is InChI=1S/C27H35FN6O/c1-4-7-18(2)24-29-25(32-14-6-15-33(17-16-32)27(35)20-8-5-9-20)23-19(3)31-34(26(23)30-24)22-12-10-21(28)11-13-22/h10-13,18,20H,4-9,14-17H2,1-3H3/t18-/m1/s1. The van der Waals surface area contributed by atoms with Crippen molar-refractivity contribution < 1.29 is 9.18 Å². The van der Waals surface area contributed by atoms with Gasteiger partial charge in [0.25, 0.3) is 0 Å². The van der Waals surface area contributed by atoms with Crippen LogP contribution in [-0.2, 0) is 4.79 Å². The van der Waals surface area contributed by atoms with Crippen molar-refractivity contribution in [3.8, 4) is 5.69 Å². The van der Waals surface area contributed by atoms with Crippen LogP contribution in [0.1, 0.15) is 69.8 Å². The lowest BCUT2D eigenvalue weighted by Crippen LogP contribution is -2.41. The molecule has 0 unspecified atom stereocenters. The third kappa shape index (κ3) is 4.62. The van der Waals surface area contributed by atoms with Crippen molar-refractivity contribution in [1.29, 1.82) is 0 Å². The van der Waals surface area contributed by atoms with Gasteiger partial charge in [-0.2, -0.15) is 5.10 Å². The Labute approximate surface area is 206 Å². The monoisotopic (exact) mass is 478 g/mol. The number of carbonyl (C=O) groups excluding carboxylic acids is 1. The molecule has 8 heteroatoms. The van der Waals surface area contributed by atoms with E-state index >= 15 is 0 Å². The van der Waals surface area contributed by atoms with Gasteiger partial charge in [-0.25, -0.2) is 19.0 Å². The first-order chi connectivity index (χ1) is 17.0. The van der Waals surface area contributed by atoms with E-state index in [1.807, 2.05) is 11.6 Å². The van der Waals surface area contributed by atoms with Gasteiger partial charge >= 0.3 is 0 Å². The lowest BCUT2D eigenvalue weighted by molar-refractivity contribution is -0.137. The fourth-order valence-electron chi connectivity index (χ4n) is 5.21. The molecule has 1 saturated heterocycles. The fraction of sp³-hybridized carbons (Fsp3) is 0.556. The van der Waals surface area contributed by atoms with E-state index in [2.05, 4.69) is 23.6 Å². The van der Waals surface area contributed by atoms with Crippen molar-refractivity contribution in [3.63, 3.8) is 0 Å². The van der Waals surface area contributed by atoms with E-state index in [1.165, 1.54) is 18.6 Å². The summed E-state index contributed by atoms with van der Waals surface area (Å²) in [6, 6.07) is 6.36. The van der Waals surface area contributed by atoms with Gasteiger partial charge < -0.3 is 9.80 Å². The molecule has 1 aliphatic carbocycles. The number of hydrogen-bond donors (Lipinski definition) is 0. The molecule has 1 aromatic carbocycles. The predicted octanol–water partition coefficient (Wildman–Crippen LogP) is 5.01. The highest BCUT2D eigenvalue weighted by molar-refractivity contribution is 5.91. The molecule has 2 aromatic heterocycles. The Morgan fingerprint density at radius 1 is 1.09 bits per heavy atom. The summed E-state index contributed by atoms with van der Waals surface area (Å²) in [7, 11) is 0. The van der Waals surface area contributed by atoms with E-state index in [4.69, 9.17) is 15.1 Å². The van der Waals surface area contributed by atoms with Crippen molar-refractivity contribution in [2.24, 2.45) is 5.92 Å². The van der Waals surface area contributed by atoms with Gasteiger partial charge in [0.1, 0.15) is 17.5 Å².